The number of ether oxygens (including phenoxy) is 2. The molecule has 0 rings (SSSR count). The standard InChI is InChI=1S/C37H72O4/c1-3-5-7-30-34-40-36(38)32-28-26-24-22-20-18-16-14-12-10-9-11-13-15-17-19-21-23-25-27-29-33-37(39)41-35-31-8-6-4-2/h3-35H2,1-2H3. The van der Waals surface area contributed by atoms with Gasteiger partial charge in [-0.2, -0.15) is 0 Å². The number of carbonyl (C=O) groups is 2. The van der Waals surface area contributed by atoms with Crippen LogP contribution in [0.2, 0.25) is 0 Å². The van der Waals surface area contributed by atoms with Crippen LogP contribution in [-0.4, -0.2) is 25.2 Å². The topological polar surface area (TPSA) is 52.6 Å². The second kappa shape index (κ2) is 35.1. The molecule has 0 aliphatic heterocycles. The van der Waals surface area contributed by atoms with Crippen LogP contribution in [0.5, 0.6) is 0 Å². The average molecular weight is 581 g/mol. The molecule has 0 aromatic carbocycles. The van der Waals surface area contributed by atoms with Crippen molar-refractivity contribution in [3.8, 4) is 0 Å². The van der Waals surface area contributed by atoms with Crippen molar-refractivity contribution in [1.29, 1.82) is 0 Å². The first-order valence-electron chi connectivity index (χ1n) is 18.5. The molecule has 0 saturated heterocycles. The Morgan fingerprint density at radius 1 is 0.317 bits per heavy atom. The van der Waals surface area contributed by atoms with Crippen molar-refractivity contribution in [3.05, 3.63) is 0 Å². The third-order valence-electron chi connectivity index (χ3n) is 8.28. The van der Waals surface area contributed by atoms with Gasteiger partial charge in [-0.15, -0.1) is 0 Å². The Morgan fingerprint density at radius 3 is 0.780 bits per heavy atom. The zero-order chi connectivity index (χ0) is 29.9. The van der Waals surface area contributed by atoms with Crippen LogP contribution < -0.4 is 0 Å². The van der Waals surface area contributed by atoms with E-state index in [-0.39, 0.29) is 11.9 Å². The first-order valence-corrected chi connectivity index (χ1v) is 18.5. The minimum atomic E-state index is 0.00418. The Bertz CT molecular complexity index is 487. The zero-order valence-corrected chi connectivity index (χ0v) is 28.0. The van der Waals surface area contributed by atoms with Gasteiger partial charge in [0.2, 0.25) is 0 Å². The average Bonchev–Trinajstić information content (AvgIpc) is 2.97. The number of esters is 2. The highest BCUT2D eigenvalue weighted by Crippen LogP contribution is 2.16. The molecule has 4 heteroatoms. The fourth-order valence-corrected chi connectivity index (χ4v) is 5.47. The van der Waals surface area contributed by atoms with E-state index in [1.165, 1.54) is 161 Å². The van der Waals surface area contributed by atoms with Crippen molar-refractivity contribution in [2.75, 3.05) is 13.2 Å². The van der Waals surface area contributed by atoms with E-state index in [2.05, 4.69) is 13.8 Å². The quantitative estimate of drug-likeness (QED) is 0.0561. The fourth-order valence-electron chi connectivity index (χ4n) is 5.47. The van der Waals surface area contributed by atoms with E-state index in [0.717, 1.165) is 25.7 Å². The van der Waals surface area contributed by atoms with Gasteiger partial charge in [-0.1, -0.05) is 174 Å². The summed E-state index contributed by atoms with van der Waals surface area (Å²) < 4.78 is 10.6. The lowest BCUT2D eigenvalue weighted by molar-refractivity contribution is -0.144. The molecule has 0 aromatic rings. The van der Waals surface area contributed by atoms with Crippen LogP contribution in [0.4, 0.5) is 0 Å². The molecule has 0 heterocycles. The van der Waals surface area contributed by atoms with Gasteiger partial charge in [-0.25, -0.2) is 0 Å². The molecule has 41 heavy (non-hydrogen) atoms. The third-order valence-corrected chi connectivity index (χ3v) is 8.28. The van der Waals surface area contributed by atoms with E-state index in [1.807, 2.05) is 0 Å². The number of rotatable bonds is 34. The molecule has 0 fully saturated rings. The molecule has 0 atom stereocenters. The SMILES string of the molecule is CCCCCCOC(=O)CCCCCCCCCCCCCCCCCCCCCCCC(=O)OCCCCCC. The number of hydrogen-bond acceptors (Lipinski definition) is 4. The predicted molar refractivity (Wildman–Crippen MR) is 176 cm³/mol. The first-order chi connectivity index (χ1) is 20.2. The van der Waals surface area contributed by atoms with Crippen molar-refractivity contribution in [1.82, 2.24) is 0 Å². The summed E-state index contributed by atoms with van der Waals surface area (Å²) in [6.07, 6.45) is 38.2. The highest BCUT2D eigenvalue weighted by molar-refractivity contribution is 5.69. The summed E-state index contributed by atoms with van der Waals surface area (Å²) in [6.45, 7) is 5.62. The van der Waals surface area contributed by atoms with Gasteiger partial charge in [-0.05, 0) is 25.7 Å². The number of unbranched alkanes of at least 4 members (excludes halogenated alkanes) is 26. The third kappa shape index (κ3) is 35.0. The van der Waals surface area contributed by atoms with Crippen molar-refractivity contribution >= 4 is 11.9 Å². The summed E-state index contributed by atoms with van der Waals surface area (Å²) >= 11 is 0. The smallest absolute Gasteiger partial charge is 0.305 e. The molecule has 0 bridgehead atoms. The summed E-state index contributed by atoms with van der Waals surface area (Å²) in [5.74, 6) is 0.00837. The Balaban J connectivity index is 3.14. The van der Waals surface area contributed by atoms with Crippen LogP contribution in [0.3, 0.4) is 0 Å². The van der Waals surface area contributed by atoms with Gasteiger partial charge in [0.15, 0.2) is 0 Å². The largest absolute Gasteiger partial charge is 0.466 e. The molecule has 0 unspecified atom stereocenters. The highest BCUT2D eigenvalue weighted by Gasteiger charge is 2.03. The molecule has 0 N–H and O–H groups in total. The van der Waals surface area contributed by atoms with Gasteiger partial charge in [0.25, 0.3) is 0 Å². The summed E-state index contributed by atoms with van der Waals surface area (Å²) in [5.41, 5.74) is 0. The molecule has 244 valence electrons. The Labute approximate surface area is 256 Å². The normalized spacial score (nSPS) is 11.2. The lowest BCUT2D eigenvalue weighted by atomic mass is 10.0. The molecule has 4 nitrogen and oxygen atoms in total. The summed E-state index contributed by atoms with van der Waals surface area (Å²) in [4.78, 5) is 23.4. The number of hydrogen-bond donors (Lipinski definition) is 0. The molecular weight excluding hydrogens is 508 g/mol. The van der Waals surface area contributed by atoms with E-state index in [4.69, 9.17) is 9.47 Å². The van der Waals surface area contributed by atoms with E-state index < -0.39 is 0 Å². The van der Waals surface area contributed by atoms with Gasteiger partial charge in [0, 0.05) is 12.8 Å². The van der Waals surface area contributed by atoms with Gasteiger partial charge < -0.3 is 9.47 Å². The Kier molecular flexibility index (Phi) is 34.2. The van der Waals surface area contributed by atoms with Gasteiger partial charge in [-0.3, -0.25) is 9.59 Å². The van der Waals surface area contributed by atoms with Crippen LogP contribution >= 0.6 is 0 Å². The van der Waals surface area contributed by atoms with Crippen LogP contribution in [0.25, 0.3) is 0 Å². The highest BCUT2D eigenvalue weighted by atomic mass is 16.5. The summed E-state index contributed by atoms with van der Waals surface area (Å²) in [5, 5.41) is 0. The molecular formula is C37H72O4. The molecule has 0 saturated carbocycles. The van der Waals surface area contributed by atoms with Gasteiger partial charge in [0.1, 0.15) is 0 Å². The lowest BCUT2D eigenvalue weighted by Crippen LogP contribution is -2.05. The maximum absolute atomic E-state index is 11.7. The molecule has 0 aromatic heterocycles. The van der Waals surface area contributed by atoms with Crippen LogP contribution in [0, 0.1) is 0 Å². The molecule has 0 aliphatic rings. The summed E-state index contributed by atoms with van der Waals surface area (Å²) in [6, 6.07) is 0. The molecule has 0 aliphatic carbocycles. The second-order valence-electron chi connectivity index (χ2n) is 12.5. The van der Waals surface area contributed by atoms with E-state index in [1.54, 1.807) is 0 Å². The van der Waals surface area contributed by atoms with Gasteiger partial charge >= 0.3 is 11.9 Å². The van der Waals surface area contributed by atoms with Crippen molar-refractivity contribution in [2.45, 2.75) is 213 Å². The lowest BCUT2D eigenvalue weighted by Gasteiger charge is -2.05. The monoisotopic (exact) mass is 581 g/mol. The minimum Gasteiger partial charge on any atom is -0.466 e. The van der Waals surface area contributed by atoms with E-state index in [0.29, 0.717) is 26.1 Å². The van der Waals surface area contributed by atoms with Crippen LogP contribution in [0.15, 0.2) is 0 Å². The van der Waals surface area contributed by atoms with Crippen molar-refractivity contribution < 1.29 is 19.1 Å². The molecule has 0 radical (unpaired) electrons. The van der Waals surface area contributed by atoms with Crippen LogP contribution in [-0.2, 0) is 19.1 Å². The Morgan fingerprint density at radius 2 is 0.537 bits per heavy atom. The van der Waals surface area contributed by atoms with E-state index in [9.17, 15) is 9.59 Å². The second-order valence-corrected chi connectivity index (χ2v) is 12.5. The van der Waals surface area contributed by atoms with Crippen molar-refractivity contribution in [2.24, 2.45) is 0 Å². The number of carbonyl (C=O) groups excluding carboxylic acids is 2. The zero-order valence-electron chi connectivity index (χ0n) is 28.0. The van der Waals surface area contributed by atoms with Crippen molar-refractivity contribution in [3.63, 3.8) is 0 Å². The molecule has 0 spiro atoms. The fraction of sp³-hybridized carbons (Fsp3) is 0.946. The maximum atomic E-state index is 11.7. The molecule has 0 amide bonds. The Hall–Kier alpha value is -1.06. The van der Waals surface area contributed by atoms with E-state index >= 15 is 0 Å². The first kappa shape index (κ1) is 39.9. The maximum Gasteiger partial charge on any atom is 0.305 e. The van der Waals surface area contributed by atoms with Crippen LogP contribution in [0.1, 0.15) is 213 Å². The summed E-state index contributed by atoms with van der Waals surface area (Å²) in [7, 11) is 0. The minimum absolute atomic E-state index is 0.00418. The van der Waals surface area contributed by atoms with Gasteiger partial charge in [0.05, 0.1) is 13.2 Å². The predicted octanol–water partition coefficient (Wildman–Crippen LogP) is 12.2.